The molecule has 2 rings (SSSR count). The molecule has 5 nitrogen and oxygen atoms in total. The van der Waals surface area contributed by atoms with E-state index in [1.807, 2.05) is 19.1 Å². The predicted molar refractivity (Wildman–Crippen MR) is 80.9 cm³/mol. The second-order valence-corrected chi connectivity index (χ2v) is 5.76. The SMILES string of the molecule is CCOc1cc(NCc2ccc(Cl)s2)cc([N+](=O)[O-])c1. The van der Waals surface area contributed by atoms with E-state index >= 15 is 0 Å². The zero-order valence-electron chi connectivity index (χ0n) is 10.8. The topological polar surface area (TPSA) is 64.4 Å². The van der Waals surface area contributed by atoms with Gasteiger partial charge in [-0.15, -0.1) is 11.3 Å². The molecule has 0 unspecified atom stereocenters. The predicted octanol–water partition coefficient (Wildman–Crippen LogP) is 4.32. The summed E-state index contributed by atoms with van der Waals surface area (Å²) in [6, 6.07) is 8.38. The lowest BCUT2D eigenvalue weighted by Crippen LogP contribution is -2.00. The second kappa shape index (κ2) is 6.58. The summed E-state index contributed by atoms with van der Waals surface area (Å²) in [7, 11) is 0. The van der Waals surface area contributed by atoms with Crippen LogP contribution in [0.1, 0.15) is 11.8 Å². The van der Waals surface area contributed by atoms with E-state index in [0.717, 1.165) is 9.21 Å². The highest BCUT2D eigenvalue weighted by atomic mass is 35.5. The number of nitrogens with zero attached hydrogens (tertiary/aromatic N) is 1. The number of halogens is 1. The third-order valence-electron chi connectivity index (χ3n) is 2.51. The fourth-order valence-corrected chi connectivity index (χ4v) is 2.70. The quantitative estimate of drug-likeness (QED) is 0.637. The van der Waals surface area contributed by atoms with Gasteiger partial charge in [0.1, 0.15) is 5.75 Å². The Balaban J connectivity index is 2.15. The van der Waals surface area contributed by atoms with Crippen molar-refractivity contribution < 1.29 is 9.66 Å². The second-order valence-electron chi connectivity index (χ2n) is 3.97. The molecule has 0 aliphatic heterocycles. The Morgan fingerprint density at radius 2 is 2.20 bits per heavy atom. The molecule has 106 valence electrons. The smallest absolute Gasteiger partial charge is 0.275 e. The van der Waals surface area contributed by atoms with Crippen LogP contribution in [0.15, 0.2) is 30.3 Å². The van der Waals surface area contributed by atoms with E-state index in [1.165, 1.54) is 23.5 Å². The van der Waals surface area contributed by atoms with Crippen LogP contribution in [-0.2, 0) is 6.54 Å². The summed E-state index contributed by atoms with van der Waals surface area (Å²) in [5.41, 5.74) is 0.648. The number of benzene rings is 1. The number of nitro benzene ring substituents is 1. The number of nitro groups is 1. The molecule has 0 radical (unpaired) electrons. The van der Waals surface area contributed by atoms with Crippen LogP contribution < -0.4 is 10.1 Å². The standard InChI is InChI=1S/C13H13ClN2O3S/c1-2-19-11-6-9(5-10(7-11)16(17)18)15-8-12-3-4-13(14)20-12/h3-7,15H,2,8H2,1H3. The van der Waals surface area contributed by atoms with Gasteiger partial charge in [0.2, 0.25) is 0 Å². The first-order chi connectivity index (χ1) is 9.58. The Morgan fingerprint density at radius 1 is 1.40 bits per heavy atom. The molecule has 1 aromatic carbocycles. The number of anilines is 1. The van der Waals surface area contributed by atoms with Crippen LogP contribution in [0.4, 0.5) is 11.4 Å². The van der Waals surface area contributed by atoms with Crippen LogP contribution in [-0.4, -0.2) is 11.5 Å². The van der Waals surface area contributed by atoms with Gasteiger partial charge in [0.15, 0.2) is 0 Å². The molecule has 7 heteroatoms. The van der Waals surface area contributed by atoms with Crippen molar-refractivity contribution in [1.29, 1.82) is 0 Å². The number of hydrogen-bond donors (Lipinski definition) is 1. The van der Waals surface area contributed by atoms with Crippen molar-refractivity contribution in [1.82, 2.24) is 0 Å². The van der Waals surface area contributed by atoms with Gasteiger partial charge < -0.3 is 10.1 Å². The van der Waals surface area contributed by atoms with Crippen LogP contribution in [0.3, 0.4) is 0 Å². The fraction of sp³-hybridized carbons (Fsp3) is 0.231. The molecule has 1 heterocycles. The van der Waals surface area contributed by atoms with Crippen molar-refractivity contribution in [3.8, 4) is 5.75 Å². The zero-order valence-corrected chi connectivity index (χ0v) is 12.3. The van der Waals surface area contributed by atoms with E-state index < -0.39 is 4.92 Å². The summed E-state index contributed by atoms with van der Waals surface area (Å²) in [6.45, 7) is 2.85. The summed E-state index contributed by atoms with van der Waals surface area (Å²) in [5.74, 6) is 0.480. The molecule has 0 fully saturated rings. The summed E-state index contributed by atoms with van der Waals surface area (Å²) in [4.78, 5) is 11.5. The summed E-state index contributed by atoms with van der Waals surface area (Å²) in [6.07, 6.45) is 0. The zero-order chi connectivity index (χ0) is 14.5. The molecule has 0 saturated carbocycles. The van der Waals surface area contributed by atoms with Crippen LogP contribution in [0.5, 0.6) is 5.75 Å². The first-order valence-corrected chi connectivity index (χ1v) is 7.18. The molecule has 20 heavy (non-hydrogen) atoms. The minimum atomic E-state index is -0.435. The average Bonchev–Trinajstić information content (AvgIpc) is 2.82. The van der Waals surface area contributed by atoms with Crippen LogP contribution in [0.25, 0.3) is 0 Å². The normalized spacial score (nSPS) is 10.3. The monoisotopic (exact) mass is 312 g/mol. The van der Waals surface area contributed by atoms with Crippen molar-refractivity contribution in [2.45, 2.75) is 13.5 Å². The molecular formula is C13H13ClN2O3S. The van der Waals surface area contributed by atoms with Gasteiger partial charge >= 0.3 is 0 Å². The van der Waals surface area contributed by atoms with Gasteiger partial charge in [-0.25, -0.2) is 0 Å². The summed E-state index contributed by atoms with van der Waals surface area (Å²) in [5, 5.41) is 14.0. The Hall–Kier alpha value is -1.79. The molecule has 0 aliphatic rings. The van der Waals surface area contributed by atoms with Crippen molar-refractivity contribution in [3.63, 3.8) is 0 Å². The Morgan fingerprint density at radius 3 is 2.80 bits per heavy atom. The molecule has 0 aliphatic carbocycles. The maximum absolute atomic E-state index is 10.9. The van der Waals surface area contributed by atoms with Crippen molar-refractivity contribution >= 4 is 34.3 Å². The van der Waals surface area contributed by atoms with Crippen LogP contribution in [0.2, 0.25) is 4.34 Å². The van der Waals surface area contributed by atoms with Gasteiger partial charge in [-0.2, -0.15) is 0 Å². The van der Waals surface area contributed by atoms with Gasteiger partial charge in [-0.3, -0.25) is 10.1 Å². The maximum Gasteiger partial charge on any atom is 0.275 e. The molecule has 0 atom stereocenters. The minimum Gasteiger partial charge on any atom is -0.494 e. The molecule has 1 aromatic heterocycles. The van der Waals surface area contributed by atoms with Gasteiger partial charge in [0.25, 0.3) is 5.69 Å². The summed E-state index contributed by atoms with van der Waals surface area (Å²) >= 11 is 7.33. The number of nitrogens with one attached hydrogen (secondary N) is 1. The van der Waals surface area contributed by atoms with E-state index in [2.05, 4.69) is 5.32 Å². The molecule has 0 spiro atoms. The molecule has 2 aromatic rings. The first-order valence-electron chi connectivity index (χ1n) is 5.99. The average molecular weight is 313 g/mol. The Bertz CT molecular complexity index is 615. The number of hydrogen-bond acceptors (Lipinski definition) is 5. The molecule has 0 saturated heterocycles. The van der Waals surface area contributed by atoms with E-state index in [0.29, 0.717) is 24.6 Å². The highest BCUT2D eigenvalue weighted by Crippen LogP contribution is 2.27. The summed E-state index contributed by atoms with van der Waals surface area (Å²) < 4.78 is 6.05. The molecule has 0 bridgehead atoms. The van der Waals surface area contributed by atoms with Crippen molar-refractivity contribution in [3.05, 3.63) is 49.7 Å². The van der Waals surface area contributed by atoms with Crippen LogP contribution >= 0.6 is 22.9 Å². The van der Waals surface area contributed by atoms with Gasteiger partial charge in [-0.05, 0) is 19.1 Å². The molecular weight excluding hydrogens is 300 g/mol. The third-order valence-corrected chi connectivity index (χ3v) is 3.74. The number of rotatable bonds is 6. The van der Waals surface area contributed by atoms with Crippen molar-refractivity contribution in [2.75, 3.05) is 11.9 Å². The van der Waals surface area contributed by atoms with Gasteiger partial charge in [-0.1, -0.05) is 11.6 Å². The third kappa shape index (κ3) is 3.85. The van der Waals surface area contributed by atoms with Gasteiger partial charge in [0, 0.05) is 29.2 Å². The minimum absolute atomic E-state index is 0.00246. The van der Waals surface area contributed by atoms with E-state index in [-0.39, 0.29) is 5.69 Å². The first kappa shape index (κ1) is 14.6. The highest BCUT2D eigenvalue weighted by molar-refractivity contribution is 7.16. The van der Waals surface area contributed by atoms with E-state index in [9.17, 15) is 10.1 Å². The van der Waals surface area contributed by atoms with Gasteiger partial charge in [0.05, 0.1) is 21.9 Å². The Labute approximate surface area is 125 Å². The Kier molecular flexibility index (Phi) is 4.81. The maximum atomic E-state index is 10.9. The number of non-ortho nitro benzene ring substituents is 1. The molecule has 1 N–H and O–H groups in total. The largest absolute Gasteiger partial charge is 0.494 e. The highest BCUT2D eigenvalue weighted by Gasteiger charge is 2.10. The lowest BCUT2D eigenvalue weighted by Gasteiger charge is -2.08. The number of ether oxygens (including phenoxy) is 1. The van der Waals surface area contributed by atoms with Crippen LogP contribution in [0, 0.1) is 10.1 Å². The van der Waals surface area contributed by atoms with E-state index in [1.54, 1.807) is 6.07 Å². The number of thiophene rings is 1. The lowest BCUT2D eigenvalue weighted by atomic mass is 10.2. The molecule has 0 amide bonds. The van der Waals surface area contributed by atoms with Crippen molar-refractivity contribution in [2.24, 2.45) is 0 Å². The van der Waals surface area contributed by atoms with E-state index in [4.69, 9.17) is 16.3 Å². The fourth-order valence-electron chi connectivity index (χ4n) is 1.68. The lowest BCUT2D eigenvalue weighted by molar-refractivity contribution is -0.384.